The minimum atomic E-state index is -0.0661. The van der Waals surface area contributed by atoms with Gasteiger partial charge in [0, 0.05) is 32.8 Å². The summed E-state index contributed by atoms with van der Waals surface area (Å²) in [5.41, 5.74) is -0.0661. The molecule has 6 nitrogen and oxygen atoms in total. The van der Waals surface area contributed by atoms with E-state index in [1.165, 1.54) is 6.33 Å². The molecular formula is C12H19IN4O2. The average Bonchev–Trinajstić information content (AvgIpc) is 2.86. The SMILES string of the molecule is COCCNCC1CCCN1c1nc[nH]c(=O)c1I. The number of anilines is 1. The van der Waals surface area contributed by atoms with E-state index in [2.05, 4.69) is 42.8 Å². The van der Waals surface area contributed by atoms with E-state index >= 15 is 0 Å². The van der Waals surface area contributed by atoms with Crippen molar-refractivity contribution in [3.05, 3.63) is 20.3 Å². The summed E-state index contributed by atoms with van der Waals surface area (Å²) in [5, 5.41) is 3.38. The Kier molecular flexibility index (Phi) is 5.59. The van der Waals surface area contributed by atoms with Gasteiger partial charge in [-0.25, -0.2) is 4.98 Å². The molecule has 0 aliphatic carbocycles. The largest absolute Gasteiger partial charge is 0.383 e. The van der Waals surface area contributed by atoms with Crippen LogP contribution in [-0.2, 0) is 4.74 Å². The Morgan fingerprint density at radius 2 is 2.53 bits per heavy atom. The first-order valence-corrected chi connectivity index (χ1v) is 7.51. The second-order valence-corrected chi connectivity index (χ2v) is 5.63. The summed E-state index contributed by atoms with van der Waals surface area (Å²) >= 11 is 2.07. The molecule has 2 N–H and O–H groups in total. The highest BCUT2D eigenvalue weighted by Crippen LogP contribution is 2.25. The van der Waals surface area contributed by atoms with Crippen LogP contribution in [0.2, 0.25) is 0 Å². The highest BCUT2D eigenvalue weighted by atomic mass is 127. The summed E-state index contributed by atoms with van der Waals surface area (Å²) in [6.07, 6.45) is 3.75. The lowest BCUT2D eigenvalue weighted by atomic mass is 10.2. The van der Waals surface area contributed by atoms with Crippen LogP contribution >= 0.6 is 22.6 Å². The number of H-pyrrole nitrogens is 1. The van der Waals surface area contributed by atoms with Gasteiger partial charge in [-0.05, 0) is 35.4 Å². The van der Waals surface area contributed by atoms with E-state index in [1.54, 1.807) is 7.11 Å². The number of methoxy groups -OCH3 is 1. The fourth-order valence-corrected chi connectivity index (χ4v) is 2.95. The van der Waals surface area contributed by atoms with Gasteiger partial charge in [0.2, 0.25) is 0 Å². The quantitative estimate of drug-likeness (QED) is 0.560. The van der Waals surface area contributed by atoms with Crippen molar-refractivity contribution >= 4 is 28.4 Å². The summed E-state index contributed by atoms with van der Waals surface area (Å²) in [6.45, 7) is 3.42. The standard InChI is InChI=1S/C12H19IN4O2/c1-19-6-4-14-7-9-3-2-5-17(9)11-10(13)12(18)16-8-15-11/h8-9,14H,2-7H2,1H3,(H,15,16,18). The Bertz CT molecular complexity index is 465. The zero-order valence-electron chi connectivity index (χ0n) is 11.0. The normalized spacial score (nSPS) is 19.1. The Labute approximate surface area is 126 Å². The molecule has 1 unspecified atom stereocenters. The van der Waals surface area contributed by atoms with Crippen molar-refractivity contribution in [3.63, 3.8) is 0 Å². The Balaban J connectivity index is 2.02. The van der Waals surface area contributed by atoms with Crippen molar-refractivity contribution in [2.45, 2.75) is 18.9 Å². The third kappa shape index (κ3) is 3.67. The number of aromatic amines is 1. The molecule has 1 aliphatic rings. The van der Waals surface area contributed by atoms with E-state index in [-0.39, 0.29) is 5.56 Å². The summed E-state index contributed by atoms with van der Waals surface area (Å²) in [6, 6.07) is 0.402. The number of halogens is 1. The maximum absolute atomic E-state index is 11.6. The second kappa shape index (κ2) is 7.20. The predicted molar refractivity (Wildman–Crippen MR) is 82.7 cm³/mol. The first-order valence-electron chi connectivity index (χ1n) is 6.43. The maximum atomic E-state index is 11.6. The maximum Gasteiger partial charge on any atom is 0.266 e. The molecule has 0 aromatic carbocycles. The molecule has 106 valence electrons. The smallest absolute Gasteiger partial charge is 0.266 e. The summed E-state index contributed by atoms with van der Waals surface area (Å²) < 4.78 is 5.69. The van der Waals surface area contributed by atoms with E-state index in [0.717, 1.165) is 38.3 Å². The summed E-state index contributed by atoms with van der Waals surface area (Å²) in [4.78, 5) is 20.8. The number of ether oxygens (including phenoxy) is 1. The van der Waals surface area contributed by atoms with Crippen molar-refractivity contribution in [1.29, 1.82) is 0 Å². The van der Waals surface area contributed by atoms with Crippen LogP contribution < -0.4 is 15.8 Å². The molecule has 1 aliphatic heterocycles. The van der Waals surface area contributed by atoms with Gasteiger partial charge < -0.3 is 19.9 Å². The minimum Gasteiger partial charge on any atom is -0.383 e. The third-order valence-electron chi connectivity index (χ3n) is 3.29. The van der Waals surface area contributed by atoms with Crippen LogP contribution in [0.3, 0.4) is 0 Å². The molecule has 0 bridgehead atoms. The average molecular weight is 378 g/mol. The lowest BCUT2D eigenvalue weighted by molar-refractivity contribution is 0.199. The zero-order valence-corrected chi connectivity index (χ0v) is 13.1. The van der Waals surface area contributed by atoms with Gasteiger partial charge in [0.1, 0.15) is 9.39 Å². The van der Waals surface area contributed by atoms with Crippen LogP contribution in [0, 0.1) is 3.57 Å². The Hall–Kier alpha value is -0.670. The number of hydrogen-bond donors (Lipinski definition) is 2. The first kappa shape index (κ1) is 14.7. The van der Waals surface area contributed by atoms with Gasteiger partial charge in [0.05, 0.1) is 12.9 Å². The third-order valence-corrected chi connectivity index (χ3v) is 4.26. The van der Waals surface area contributed by atoms with Gasteiger partial charge in [0.15, 0.2) is 0 Å². The van der Waals surface area contributed by atoms with Crippen LogP contribution in [0.5, 0.6) is 0 Å². The zero-order chi connectivity index (χ0) is 13.7. The molecule has 0 saturated carbocycles. The molecule has 0 radical (unpaired) electrons. The van der Waals surface area contributed by atoms with Gasteiger partial charge >= 0.3 is 0 Å². The van der Waals surface area contributed by atoms with Crippen LogP contribution in [0.1, 0.15) is 12.8 Å². The van der Waals surface area contributed by atoms with Crippen molar-refractivity contribution in [2.75, 3.05) is 38.3 Å². The second-order valence-electron chi connectivity index (χ2n) is 4.56. The molecule has 19 heavy (non-hydrogen) atoms. The van der Waals surface area contributed by atoms with Crippen molar-refractivity contribution in [2.24, 2.45) is 0 Å². The monoisotopic (exact) mass is 378 g/mol. The topological polar surface area (TPSA) is 70.2 Å². The molecule has 1 atom stereocenters. The molecule has 1 aromatic rings. The molecule has 1 aromatic heterocycles. The van der Waals surface area contributed by atoms with Crippen LogP contribution in [0.25, 0.3) is 0 Å². The molecule has 1 saturated heterocycles. The molecular weight excluding hydrogens is 359 g/mol. The van der Waals surface area contributed by atoms with Crippen molar-refractivity contribution in [1.82, 2.24) is 15.3 Å². The van der Waals surface area contributed by atoms with Gasteiger partial charge in [-0.1, -0.05) is 0 Å². The van der Waals surface area contributed by atoms with E-state index in [9.17, 15) is 4.79 Å². The van der Waals surface area contributed by atoms with Crippen LogP contribution in [0.4, 0.5) is 5.82 Å². The highest BCUT2D eigenvalue weighted by Gasteiger charge is 2.27. The molecule has 0 amide bonds. The fraction of sp³-hybridized carbons (Fsp3) is 0.667. The van der Waals surface area contributed by atoms with Gasteiger partial charge in [-0.15, -0.1) is 0 Å². The van der Waals surface area contributed by atoms with Crippen LogP contribution in [-0.4, -0.2) is 49.4 Å². The number of rotatable bonds is 6. The lowest BCUT2D eigenvalue weighted by Gasteiger charge is -2.26. The molecule has 1 fully saturated rings. The van der Waals surface area contributed by atoms with E-state index in [4.69, 9.17) is 4.74 Å². The number of nitrogens with one attached hydrogen (secondary N) is 2. The molecule has 7 heteroatoms. The van der Waals surface area contributed by atoms with Crippen molar-refractivity contribution < 1.29 is 4.74 Å². The molecule has 2 heterocycles. The van der Waals surface area contributed by atoms with Gasteiger partial charge in [-0.3, -0.25) is 4.79 Å². The minimum absolute atomic E-state index is 0.0661. The summed E-state index contributed by atoms with van der Waals surface area (Å²) in [7, 11) is 1.70. The van der Waals surface area contributed by atoms with Crippen molar-refractivity contribution in [3.8, 4) is 0 Å². The van der Waals surface area contributed by atoms with Crippen LogP contribution in [0.15, 0.2) is 11.1 Å². The number of nitrogens with zero attached hydrogens (tertiary/aromatic N) is 2. The number of hydrogen-bond acceptors (Lipinski definition) is 5. The number of aromatic nitrogens is 2. The Morgan fingerprint density at radius 1 is 1.68 bits per heavy atom. The lowest BCUT2D eigenvalue weighted by Crippen LogP contribution is -2.40. The van der Waals surface area contributed by atoms with Gasteiger partial charge in [-0.2, -0.15) is 0 Å². The Morgan fingerprint density at radius 3 is 3.32 bits per heavy atom. The molecule has 2 rings (SSSR count). The highest BCUT2D eigenvalue weighted by molar-refractivity contribution is 14.1. The van der Waals surface area contributed by atoms with E-state index in [0.29, 0.717) is 16.2 Å². The summed E-state index contributed by atoms with van der Waals surface area (Å²) in [5.74, 6) is 0.806. The fourth-order valence-electron chi connectivity index (χ4n) is 2.34. The predicted octanol–water partition coefficient (Wildman–Crippen LogP) is 0.579. The van der Waals surface area contributed by atoms with E-state index < -0.39 is 0 Å². The molecule has 0 spiro atoms. The van der Waals surface area contributed by atoms with E-state index in [1.807, 2.05) is 0 Å². The van der Waals surface area contributed by atoms with Gasteiger partial charge in [0.25, 0.3) is 5.56 Å². The first-order chi connectivity index (χ1) is 9.24.